The van der Waals surface area contributed by atoms with E-state index in [2.05, 4.69) is 59.2 Å². The van der Waals surface area contributed by atoms with E-state index in [4.69, 9.17) is 5.73 Å². The number of carbonyl (C=O) groups excluding carboxylic acids is 1. The van der Waals surface area contributed by atoms with Gasteiger partial charge < -0.3 is 20.7 Å². The molecular weight excluding hydrogens is 575 g/mol. The van der Waals surface area contributed by atoms with Gasteiger partial charge in [-0.05, 0) is 96.1 Å². The smallest absolute Gasteiger partial charge is 0.406 e. The van der Waals surface area contributed by atoms with Crippen LogP contribution in [0.3, 0.4) is 0 Å². The van der Waals surface area contributed by atoms with E-state index in [1.807, 2.05) is 29.2 Å². The monoisotopic (exact) mass is 605 g/mol. The molecular formula is C30H30F3N9O2. The summed E-state index contributed by atoms with van der Waals surface area (Å²) in [6.07, 6.45) is 1.94. The number of anilines is 3. The molecule has 0 unspecified atom stereocenters. The number of nitrogens with one attached hydrogen (secondary N) is 3. The minimum Gasteiger partial charge on any atom is -0.406 e. The van der Waals surface area contributed by atoms with Crippen molar-refractivity contribution >= 4 is 34.8 Å². The lowest BCUT2D eigenvalue weighted by Gasteiger charge is -2.28. The molecule has 1 heterocycles. The van der Waals surface area contributed by atoms with Crippen LogP contribution in [0.1, 0.15) is 47.2 Å². The Kier molecular flexibility index (Phi) is 9.49. The fraction of sp³-hybridized carbons (Fsp3) is 0.233. The van der Waals surface area contributed by atoms with Crippen LogP contribution < -0.4 is 26.0 Å². The van der Waals surface area contributed by atoms with Gasteiger partial charge in [-0.3, -0.25) is 10.1 Å². The number of benzene rings is 3. The van der Waals surface area contributed by atoms with Crippen molar-refractivity contribution < 1.29 is 22.7 Å². The number of guanidine groups is 1. The molecule has 0 saturated carbocycles. The Labute approximate surface area is 251 Å². The van der Waals surface area contributed by atoms with Crippen LogP contribution in [0.2, 0.25) is 0 Å². The minimum atomic E-state index is -4.79. The van der Waals surface area contributed by atoms with Crippen LogP contribution in [-0.2, 0) is 6.54 Å². The number of hydrogen-bond donors (Lipinski definition) is 4. The highest BCUT2D eigenvalue weighted by atomic mass is 19.4. The van der Waals surface area contributed by atoms with Crippen molar-refractivity contribution in [2.75, 3.05) is 22.2 Å². The van der Waals surface area contributed by atoms with Crippen LogP contribution in [-0.4, -0.2) is 45.5 Å². The molecule has 0 aliphatic heterocycles. The lowest BCUT2D eigenvalue weighted by Crippen LogP contribution is -2.37. The number of nitrogens with zero attached hydrogens (tertiary/aromatic N) is 5. The summed E-state index contributed by atoms with van der Waals surface area (Å²) < 4.78 is 41.9. The number of aliphatic imine (C=N–C) groups is 1. The van der Waals surface area contributed by atoms with Crippen LogP contribution in [0.25, 0.3) is 5.57 Å². The maximum atomic E-state index is 12.6. The third-order valence-corrected chi connectivity index (χ3v) is 6.81. The van der Waals surface area contributed by atoms with E-state index < -0.39 is 12.3 Å². The average Bonchev–Trinajstić information content (AvgIpc) is 3.54. The number of rotatable bonds is 9. The number of ether oxygens (including phenoxy) is 1. The number of carbonyl (C=O) groups is 1. The fourth-order valence-corrected chi connectivity index (χ4v) is 4.72. The van der Waals surface area contributed by atoms with Crippen molar-refractivity contribution in [1.29, 1.82) is 0 Å². The number of hydrogen-bond acceptors (Lipinski definition) is 7. The molecule has 3 aromatic carbocycles. The zero-order valence-electron chi connectivity index (χ0n) is 23.5. The number of allylic oxidation sites excluding steroid dienone is 2. The molecule has 0 atom stereocenters. The van der Waals surface area contributed by atoms with Gasteiger partial charge in [0.2, 0.25) is 5.96 Å². The molecule has 5 rings (SSSR count). The van der Waals surface area contributed by atoms with Gasteiger partial charge in [0, 0.05) is 16.9 Å². The third kappa shape index (κ3) is 8.19. The molecule has 1 aliphatic rings. The number of H-pyrrole nitrogens is 1. The van der Waals surface area contributed by atoms with E-state index in [0.717, 1.165) is 36.1 Å². The molecule has 0 bridgehead atoms. The minimum absolute atomic E-state index is 0.0474. The van der Waals surface area contributed by atoms with Crippen molar-refractivity contribution in [1.82, 2.24) is 20.6 Å². The van der Waals surface area contributed by atoms with Gasteiger partial charge in [0.15, 0.2) is 0 Å². The third-order valence-electron chi connectivity index (χ3n) is 6.81. The fourth-order valence-electron chi connectivity index (χ4n) is 4.72. The quantitative estimate of drug-likeness (QED) is 0.140. The number of halogens is 3. The summed E-state index contributed by atoms with van der Waals surface area (Å²) in [5, 5.41) is 18.9. The molecule has 0 fully saturated rings. The predicted molar refractivity (Wildman–Crippen MR) is 161 cm³/mol. The van der Waals surface area contributed by atoms with Crippen LogP contribution >= 0.6 is 0 Å². The number of amides is 1. The number of tetrazole rings is 1. The highest BCUT2D eigenvalue weighted by Crippen LogP contribution is 2.29. The first-order chi connectivity index (χ1) is 21.3. The highest BCUT2D eigenvalue weighted by molar-refractivity contribution is 6.05. The standard InChI is InChI=1S/C30H30F3N9O2/c31-30(32,33)44-26-16-12-24(13-17-26)36-29(35-19-34)42(25-14-10-22(11-15-25)21-4-2-1-3-5-21)18-20-6-8-23(9-7-20)27(43)37-28-38-40-41-39-28/h4,6-17H,1-3,5,18-19,34H2,(H,35,36)(H2,37,38,39,40,41,43). The van der Waals surface area contributed by atoms with Crippen LogP contribution in [0.4, 0.5) is 30.5 Å². The van der Waals surface area contributed by atoms with Crippen LogP contribution in [0.5, 0.6) is 5.75 Å². The van der Waals surface area contributed by atoms with Crippen LogP contribution in [0, 0.1) is 0 Å². The molecule has 0 spiro atoms. The second-order valence-electron chi connectivity index (χ2n) is 9.86. The number of aromatic nitrogens is 4. The van der Waals surface area contributed by atoms with Gasteiger partial charge >= 0.3 is 6.36 Å². The Balaban J connectivity index is 1.40. The summed E-state index contributed by atoms with van der Waals surface area (Å²) in [5.41, 5.74) is 10.8. The number of alkyl halides is 3. The first-order valence-electron chi connectivity index (χ1n) is 13.9. The van der Waals surface area contributed by atoms with Gasteiger partial charge in [-0.2, -0.15) is 5.21 Å². The van der Waals surface area contributed by atoms with Gasteiger partial charge in [-0.25, -0.2) is 4.99 Å². The molecule has 1 aliphatic carbocycles. The lowest BCUT2D eigenvalue weighted by molar-refractivity contribution is -0.274. The highest BCUT2D eigenvalue weighted by Gasteiger charge is 2.31. The van der Waals surface area contributed by atoms with E-state index in [-0.39, 0.29) is 18.4 Å². The van der Waals surface area contributed by atoms with E-state index in [9.17, 15) is 18.0 Å². The Bertz CT molecular complexity index is 1590. The zero-order chi connectivity index (χ0) is 30.9. The number of nitrogens with two attached hydrogens (primary N) is 1. The van der Waals surface area contributed by atoms with Crippen molar-refractivity contribution in [2.24, 2.45) is 10.7 Å². The topological polar surface area (TPSA) is 146 Å². The Morgan fingerprint density at radius 1 is 1.00 bits per heavy atom. The molecule has 1 aromatic heterocycles. The summed E-state index contributed by atoms with van der Waals surface area (Å²) in [4.78, 5) is 18.9. The molecule has 0 radical (unpaired) electrons. The van der Waals surface area contributed by atoms with Gasteiger partial charge in [0.05, 0.1) is 13.2 Å². The molecule has 14 heteroatoms. The molecule has 1 amide bonds. The average molecular weight is 606 g/mol. The summed E-state index contributed by atoms with van der Waals surface area (Å²) in [5.74, 6) is -0.300. The van der Waals surface area contributed by atoms with E-state index in [1.54, 1.807) is 12.1 Å². The molecule has 228 valence electrons. The zero-order valence-corrected chi connectivity index (χ0v) is 23.5. The summed E-state index contributed by atoms with van der Waals surface area (Å²) in [6, 6.07) is 20.4. The van der Waals surface area contributed by atoms with Gasteiger partial charge in [0.25, 0.3) is 11.9 Å². The van der Waals surface area contributed by atoms with Crippen molar-refractivity contribution in [3.8, 4) is 5.75 Å². The molecule has 0 saturated heterocycles. The largest absolute Gasteiger partial charge is 0.573 e. The van der Waals surface area contributed by atoms with Crippen LogP contribution in [0.15, 0.2) is 83.9 Å². The second-order valence-corrected chi connectivity index (χ2v) is 9.86. The predicted octanol–water partition coefficient (Wildman–Crippen LogP) is 5.70. The van der Waals surface area contributed by atoms with Gasteiger partial charge in [0.1, 0.15) is 5.75 Å². The maximum Gasteiger partial charge on any atom is 0.573 e. The van der Waals surface area contributed by atoms with E-state index >= 15 is 0 Å². The van der Waals surface area contributed by atoms with Crippen molar-refractivity contribution in [3.05, 3.63) is 95.6 Å². The van der Waals surface area contributed by atoms with Crippen molar-refractivity contribution in [3.63, 3.8) is 0 Å². The maximum absolute atomic E-state index is 12.6. The van der Waals surface area contributed by atoms with Gasteiger partial charge in [-0.15, -0.1) is 18.3 Å². The molecule has 5 N–H and O–H groups in total. The molecule has 4 aromatic rings. The molecule has 11 nitrogen and oxygen atoms in total. The van der Waals surface area contributed by atoms with Crippen molar-refractivity contribution in [2.45, 2.75) is 38.6 Å². The lowest BCUT2D eigenvalue weighted by atomic mass is 9.93. The first kappa shape index (κ1) is 30.2. The summed E-state index contributed by atoms with van der Waals surface area (Å²) in [7, 11) is 0. The van der Waals surface area contributed by atoms with E-state index in [0.29, 0.717) is 23.8 Å². The second kappa shape index (κ2) is 13.8. The summed E-state index contributed by atoms with van der Waals surface area (Å²) in [6.45, 7) is 0.282. The number of aromatic amines is 1. The Hall–Kier alpha value is -5.24. The normalized spacial score (nSPS) is 13.6. The Morgan fingerprint density at radius 3 is 2.36 bits per heavy atom. The van der Waals surface area contributed by atoms with E-state index in [1.165, 1.54) is 36.3 Å². The summed E-state index contributed by atoms with van der Waals surface area (Å²) >= 11 is 0. The molecule has 44 heavy (non-hydrogen) atoms. The van der Waals surface area contributed by atoms with Gasteiger partial charge in [-0.1, -0.05) is 35.4 Å². The first-order valence-corrected chi connectivity index (χ1v) is 13.9. The Morgan fingerprint density at radius 2 is 1.75 bits per heavy atom. The SMILES string of the molecule is NC/N=C(/Nc1ccc(OC(F)(F)F)cc1)N(Cc1ccc(C(=O)Nc2nn[nH]n2)cc1)c1ccc(C2=CCCCC2)cc1.